The van der Waals surface area contributed by atoms with Crippen molar-refractivity contribution in [3.8, 4) is 0 Å². The number of hydrogen-bond acceptors (Lipinski definition) is 2. The first-order valence-corrected chi connectivity index (χ1v) is 3.34. The monoisotopic (exact) mass is 138 g/mol. The Morgan fingerprint density at radius 1 is 2.00 bits per heavy atom. The van der Waals surface area contributed by atoms with Gasteiger partial charge in [0.05, 0.1) is 0 Å². The summed E-state index contributed by atoms with van der Waals surface area (Å²) < 4.78 is 20.4. The van der Waals surface area contributed by atoms with Gasteiger partial charge in [-0.15, -0.1) is 0 Å². The van der Waals surface area contributed by atoms with Crippen LogP contribution in [0.2, 0.25) is 0 Å². The molecule has 0 aliphatic rings. The van der Waals surface area contributed by atoms with Crippen LogP contribution < -0.4 is 10.5 Å². The van der Waals surface area contributed by atoms with Gasteiger partial charge in [-0.2, -0.15) is 0 Å². The summed E-state index contributed by atoms with van der Waals surface area (Å²) in [7, 11) is 0. The molecular weight excluding hydrogens is 128 g/mol. The Kier molecular flexibility index (Phi) is 3.98. The van der Waals surface area contributed by atoms with Crippen LogP contribution in [-0.4, -0.2) is 21.3 Å². The molecule has 4 N–H and O–H groups in total. The third kappa shape index (κ3) is 4.20. The Balaban J connectivity index is 3.24. The molecule has 0 amide bonds. The Bertz CT molecular complexity index is 87.4. The van der Waals surface area contributed by atoms with E-state index in [1.54, 1.807) is 6.92 Å². The average Bonchev–Trinajstić information content (AvgIpc) is 1.65. The second-order valence-electron chi connectivity index (χ2n) is 1.50. The average molecular weight is 138 g/mol. The zero-order valence-corrected chi connectivity index (χ0v) is 5.44. The first-order valence-electron chi connectivity index (χ1n) is 2.24. The maximum absolute atomic E-state index is 9.91. The molecule has 0 aliphatic carbocycles. The van der Waals surface area contributed by atoms with Crippen molar-refractivity contribution >= 4 is 11.3 Å². The fraction of sp³-hybridized carbons (Fsp3) is 1.00. The Morgan fingerprint density at radius 3 is 2.62 bits per heavy atom. The highest BCUT2D eigenvalue weighted by atomic mass is 32.2. The maximum Gasteiger partial charge on any atom is 0.232 e. The van der Waals surface area contributed by atoms with Crippen molar-refractivity contribution in [2.75, 3.05) is 6.54 Å². The second-order valence-corrected chi connectivity index (χ2v) is 2.24. The van der Waals surface area contributed by atoms with Gasteiger partial charge in [-0.1, -0.05) is 0 Å². The van der Waals surface area contributed by atoms with Crippen LogP contribution in [0.25, 0.3) is 0 Å². The van der Waals surface area contributed by atoms with E-state index in [9.17, 15) is 4.21 Å². The lowest BCUT2D eigenvalue weighted by atomic mass is 10.4. The van der Waals surface area contributed by atoms with Crippen LogP contribution >= 0.6 is 0 Å². The predicted molar refractivity (Wildman–Crippen MR) is 32.4 cm³/mol. The van der Waals surface area contributed by atoms with Crippen LogP contribution in [0.15, 0.2) is 0 Å². The second kappa shape index (κ2) is 3.96. The summed E-state index contributed by atoms with van der Waals surface area (Å²) in [6.07, 6.45) is 0. The summed E-state index contributed by atoms with van der Waals surface area (Å²) in [5.41, 5.74) is 5.11. The van der Waals surface area contributed by atoms with E-state index >= 15 is 0 Å². The molecule has 0 heterocycles. The van der Waals surface area contributed by atoms with Gasteiger partial charge in [-0.05, 0) is 6.92 Å². The number of nitrogens with one attached hydrogen (secondary N) is 1. The first-order chi connectivity index (χ1) is 3.66. The highest BCUT2D eigenvalue weighted by Crippen LogP contribution is 1.74. The van der Waals surface area contributed by atoms with Crippen molar-refractivity contribution in [1.29, 1.82) is 0 Å². The van der Waals surface area contributed by atoms with Crippen LogP contribution in [0, 0.1) is 0 Å². The minimum atomic E-state index is -1.93. The molecular formula is C3H10N2O2S. The molecule has 0 bridgehead atoms. The van der Waals surface area contributed by atoms with Gasteiger partial charge in [0, 0.05) is 12.6 Å². The summed E-state index contributed by atoms with van der Waals surface area (Å²) in [5, 5.41) is 0. The number of nitrogens with two attached hydrogens (primary N) is 1. The molecule has 0 rings (SSSR count). The Morgan fingerprint density at radius 2 is 2.50 bits per heavy atom. The summed E-state index contributed by atoms with van der Waals surface area (Å²) in [6.45, 7) is 2.10. The van der Waals surface area contributed by atoms with Crippen LogP contribution in [-0.2, 0) is 11.3 Å². The zero-order valence-electron chi connectivity index (χ0n) is 4.63. The predicted octanol–water partition coefficient (Wildman–Crippen LogP) is -0.940. The highest BCUT2D eigenvalue weighted by molar-refractivity contribution is 7.77. The van der Waals surface area contributed by atoms with Crippen LogP contribution in [0.4, 0.5) is 0 Å². The fourth-order valence-electron chi connectivity index (χ4n) is 0.220. The molecule has 0 aromatic carbocycles. The summed E-state index contributed by atoms with van der Waals surface area (Å²) in [4.78, 5) is 0. The van der Waals surface area contributed by atoms with E-state index in [2.05, 4.69) is 4.72 Å². The topological polar surface area (TPSA) is 75.3 Å². The van der Waals surface area contributed by atoms with Crippen molar-refractivity contribution < 1.29 is 8.76 Å². The van der Waals surface area contributed by atoms with Crippen molar-refractivity contribution in [2.45, 2.75) is 13.0 Å². The molecule has 2 atom stereocenters. The Hall–Kier alpha value is 0.0300. The highest BCUT2D eigenvalue weighted by Gasteiger charge is 1.98. The maximum atomic E-state index is 9.91. The van der Waals surface area contributed by atoms with E-state index < -0.39 is 11.3 Å². The van der Waals surface area contributed by atoms with Crippen molar-refractivity contribution in [1.82, 2.24) is 4.72 Å². The van der Waals surface area contributed by atoms with Crippen molar-refractivity contribution in [3.05, 3.63) is 0 Å². The lowest BCUT2D eigenvalue weighted by Crippen LogP contribution is -2.34. The van der Waals surface area contributed by atoms with E-state index in [0.717, 1.165) is 0 Å². The standard InChI is InChI=1S/C3H10N2O2S/c1-3(2-4)5-8(6)7/h3,5H,2,4H2,1H3,(H,6,7). The lowest BCUT2D eigenvalue weighted by molar-refractivity contribution is 0.533. The quantitative estimate of drug-likeness (QED) is 0.440. The summed E-state index contributed by atoms with van der Waals surface area (Å²) >= 11 is -1.93. The van der Waals surface area contributed by atoms with Gasteiger partial charge in [-0.3, -0.25) is 4.55 Å². The van der Waals surface area contributed by atoms with Crippen LogP contribution in [0.3, 0.4) is 0 Å². The van der Waals surface area contributed by atoms with Gasteiger partial charge in [0.15, 0.2) is 0 Å². The van der Waals surface area contributed by atoms with Gasteiger partial charge >= 0.3 is 0 Å². The van der Waals surface area contributed by atoms with Crippen LogP contribution in [0.1, 0.15) is 6.92 Å². The molecule has 8 heavy (non-hydrogen) atoms. The largest absolute Gasteiger partial charge is 0.329 e. The molecule has 0 radical (unpaired) electrons. The first kappa shape index (κ1) is 8.03. The molecule has 0 aliphatic heterocycles. The fourth-order valence-corrected chi connectivity index (χ4v) is 0.661. The third-order valence-corrected chi connectivity index (χ3v) is 1.26. The molecule has 0 fully saturated rings. The molecule has 0 aromatic heterocycles. The smallest absolute Gasteiger partial charge is 0.232 e. The molecule has 50 valence electrons. The summed E-state index contributed by atoms with van der Waals surface area (Å²) in [6, 6.07) is -0.0965. The third-order valence-electron chi connectivity index (χ3n) is 0.656. The van der Waals surface area contributed by atoms with Crippen LogP contribution in [0.5, 0.6) is 0 Å². The lowest BCUT2D eigenvalue weighted by Gasteiger charge is -2.04. The van der Waals surface area contributed by atoms with Gasteiger partial charge in [0.1, 0.15) is 0 Å². The number of rotatable bonds is 3. The minimum absolute atomic E-state index is 0.0965. The molecule has 0 aromatic rings. The molecule has 0 saturated heterocycles. The molecule has 0 saturated carbocycles. The van der Waals surface area contributed by atoms with Gasteiger partial charge < -0.3 is 5.73 Å². The van der Waals surface area contributed by atoms with E-state index in [4.69, 9.17) is 10.3 Å². The Labute approximate surface area is 50.9 Å². The molecule has 2 unspecified atom stereocenters. The molecule has 0 spiro atoms. The van der Waals surface area contributed by atoms with Crippen molar-refractivity contribution in [2.24, 2.45) is 5.73 Å². The number of hydrogen-bond donors (Lipinski definition) is 3. The van der Waals surface area contributed by atoms with Gasteiger partial charge in [0.25, 0.3) is 0 Å². The van der Waals surface area contributed by atoms with Gasteiger partial charge in [-0.25, -0.2) is 8.93 Å². The molecule has 5 heteroatoms. The van der Waals surface area contributed by atoms with Gasteiger partial charge in [0.2, 0.25) is 11.3 Å². The zero-order chi connectivity index (χ0) is 6.57. The van der Waals surface area contributed by atoms with E-state index in [1.807, 2.05) is 0 Å². The summed E-state index contributed by atoms with van der Waals surface area (Å²) in [5.74, 6) is 0. The van der Waals surface area contributed by atoms with Crippen molar-refractivity contribution in [3.63, 3.8) is 0 Å². The minimum Gasteiger partial charge on any atom is -0.329 e. The van der Waals surface area contributed by atoms with E-state index in [-0.39, 0.29) is 6.04 Å². The normalized spacial score (nSPS) is 17.9. The van der Waals surface area contributed by atoms with E-state index in [0.29, 0.717) is 6.54 Å². The SMILES string of the molecule is CC(CN)NS(=O)O. The van der Waals surface area contributed by atoms with E-state index in [1.165, 1.54) is 0 Å². The molecule has 4 nitrogen and oxygen atoms in total.